The number of nitrogens with zero attached hydrogens (tertiary/aromatic N) is 2. The molecule has 3 aromatic rings. The molecular formula is C15H14FN3OS. The van der Waals surface area contributed by atoms with Crippen LogP contribution in [0, 0.1) is 12.7 Å². The monoisotopic (exact) mass is 303 g/mol. The molecule has 0 aliphatic rings. The van der Waals surface area contributed by atoms with Gasteiger partial charge in [0.1, 0.15) is 11.6 Å². The fourth-order valence-corrected chi connectivity index (χ4v) is 3.02. The molecule has 1 N–H and O–H groups in total. The molecule has 0 spiro atoms. The van der Waals surface area contributed by atoms with Gasteiger partial charge < -0.3 is 4.55 Å². The van der Waals surface area contributed by atoms with E-state index in [1.165, 1.54) is 12.1 Å². The van der Waals surface area contributed by atoms with Gasteiger partial charge >= 0.3 is 0 Å². The normalized spacial score (nSPS) is 12.8. The third-order valence-electron chi connectivity index (χ3n) is 3.26. The molecule has 0 fully saturated rings. The van der Waals surface area contributed by atoms with E-state index in [0.29, 0.717) is 10.4 Å². The Labute approximate surface area is 124 Å². The van der Waals surface area contributed by atoms with Crippen LogP contribution in [0.5, 0.6) is 0 Å². The van der Waals surface area contributed by atoms with Crippen molar-refractivity contribution in [3.8, 4) is 5.69 Å². The second-order valence-electron chi connectivity index (χ2n) is 4.60. The predicted molar refractivity (Wildman–Crippen MR) is 81.2 cm³/mol. The summed E-state index contributed by atoms with van der Waals surface area (Å²) in [6.07, 6.45) is 0. The number of benzene rings is 2. The van der Waals surface area contributed by atoms with E-state index in [9.17, 15) is 8.94 Å². The number of aryl methyl sites for hydroxylation is 1. The Morgan fingerprint density at radius 2 is 2.05 bits per heavy atom. The SMILES string of the molecule is CN[S+]([O-])c1cccc(-n2c(C)nc3ccc(F)cc32)c1. The number of aromatic nitrogens is 2. The first-order chi connectivity index (χ1) is 10.1. The Balaban J connectivity index is 2.20. The molecule has 0 radical (unpaired) electrons. The van der Waals surface area contributed by atoms with Crippen LogP contribution in [0.4, 0.5) is 4.39 Å². The molecule has 1 unspecified atom stereocenters. The van der Waals surface area contributed by atoms with Gasteiger partial charge in [-0.25, -0.2) is 9.37 Å². The lowest BCUT2D eigenvalue weighted by Crippen LogP contribution is -2.18. The molecule has 0 aliphatic heterocycles. The average Bonchev–Trinajstić information content (AvgIpc) is 2.81. The van der Waals surface area contributed by atoms with Crippen molar-refractivity contribution in [3.63, 3.8) is 0 Å². The van der Waals surface area contributed by atoms with E-state index in [0.717, 1.165) is 17.0 Å². The van der Waals surface area contributed by atoms with Gasteiger partial charge in [-0.3, -0.25) is 4.57 Å². The van der Waals surface area contributed by atoms with Gasteiger partial charge in [0.15, 0.2) is 4.90 Å². The van der Waals surface area contributed by atoms with Crippen molar-refractivity contribution in [2.45, 2.75) is 11.8 Å². The number of rotatable bonds is 3. The maximum atomic E-state index is 13.5. The fourth-order valence-electron chi connectivity index (χ4n) is 2.35. The Morgan fingerprint density at radius 3 is 2.81 bits per heavy atom. The predicted octanol–water partition coefficient (Wildman–Crippen LogP) is 2.72. The number of hydrogen-bond donors (Lipinski definition) is 1. The van der Waals surface area contributed by atoms with E-state index < -0.39 is 11.4 Å². The highest BCUT2D eigenvalue weighted by Gasteiger charge is 2.14. The van der Waals surface area contributed by atoms with Crippen LogP contribution >= 0.6 is 0 Å². The van der Waals surface area contributed by atoms with Crippen LogP contribution in [0.1, 0.15) is 5.82 Å². The molecule has 0 saturated heterocycles. The van der Waals surface area contributed by atoms with E-state index in [2.05, 4.69) is 9.71 Å². The lowest BCUT2D eigenvalue weighted by molar-refractivity contribution is 0.587. The molecule has 1 aromatic heterocycles. The smallest absolute Gasteiger partial charge is 0.175 e. The van der Waals surface area contributed by atoms with E-state index in [1.54, 1.807) is 19.2 Å². The first-order valence-electron chi connectivity index (χ1n) is 6.44. The van der Waals surface area contributed by atoms with E-state index in [4.69, 9.17) is 0 Å². The number of fused-ring (bicyclic) bond motifs is 1. The number of halogens is 1. The first kappa shape index (κ1) is 14.1. The van der Waals surface area contributed by atoms with Gasteiger partial charge in [0.25, 0.3) is 0 Å². The molecule has 0 amide bonds. The molecule has 4 nitrogen and oxygen atoms in total. The number of imidazole rings is 1. The maximum absolute atomic E-state index is 13.5. The zero-order valence-corrected chi connectivity index (χ0v) is 12.4. The molecular weight excluding hydrogens is 289 g/mol. The summed E-state index contributed by atoms with van der Waals surface area (Å²) in [6.45, 7) is 1.86. The zero-order valence-electron chi connectivity index (χ0n) is 11.6. The van der Waals surface area contributed by atoms with Crippen molar-refractivity contribution in [1.82, 2.24) is 14.3 Å². The van der Waals surface area contributed by atoms with Gasteiger partial charge in [0.2, 0.25) is 0 Å². The van der Waals surface area contributed by atoms with Crippen LogP contribution in [0.3, 0.4) is 0 Å². The van der Waals surface area contributed by atoms with Crippen molar-refractivity contribution >= 4 is 22.4 Å². The summed E-state index contributed by atoms with van der Waals surface area (Å²) in [5.41, 5.74) is 2.23. The fraction of sp³-hybridized carbons (Fsp3) is 0.133. The van der Waals surface area contributed by atoms with Crippen molar-refractivity contribution in [2.75, 3.05) is 7.05 Å². The quantitative estimate of drug-likeness (QED) is 0.757. The lowest BCUT2D eigenvalue weighted by Gasteiger charge is -2.11. The molecule has 0 bridgehead atoms. The minimum atomic E-state index is -1.26. The third kappa shape index (κ3) is 2.53. The maximum Gasteiger partial charge on any atom is 0.175 e. The van der Waals surface area contributed by atoms with Crippen molar-refractivity contribution in [3.05, 3.63) is 54.1 Å². The van der Waals surface area contributed by atoms with Crippen molar-refractivity contribution < 1.29 is 8.94 Å². The number of nitrogens with one attached hydrogen (secondary N) is 1. The van der Waals surface area contributed by atoms with E-state index >= 15 is 0 Å². The highest BCUT2D eigenvalue weighted by molar-refractivity contribution is 7.89. The van der Waals surface area contributed by atoms with Crippen LogP contribution in [0.15, 0.2) is 47.4 Å². The Bertz CT molecular complexity index is 803. The standard InChI is InChI=1S/C15H14FN3OS/c1-10-18-14-7-6-11(16)8-15(14)19(10)12-4-3-5-13(9-12)21(20)17-2/h3-9,17H,1-2H3. The van der Waals surface area contributed by atoms with Crippen LogP contribution < -0.4 is 4.72 Å². The highest BCUT2D eigenvalue weighted by Crippen LogP contribution is 2.23. The molecule has 0 saturated carbocycles. The van der Waals surface area contributed by atoms with Crippen LogP contribution in [-0.2, 0) is 11.4 Å². The summed E-state index contributed by atoms with van der Waals surface area (Å²) < 4.78 is 29.9. The van der Waals surface area contributed by atoms with Gasteiger partial charge in [0, 0.05) is 19.2 Å². The van der Waals surface area contributed by atoms with Crippen molar-refractivity contribution in [1.29, 1.82) is 0 Å². The number of hydrogen-bond acceptors (Lipinski definition) is 3. The minimum absolute atomic E-state index is 0.307. The molecule has 0 aliphatic carbocycles. The molecule has 3 rings (SSSR count). The largest absolute Gasteiger partial charge is 0.593 e. The molecule has 1 heterocycles. The highest BCUT2D eigenvalue weighted by atomic mass is 32.2. The van der Waals surface area contributed by atoms with Crippen LogP contribution in [0.2, 0.25) is 0 Å². The Morgan fingerprint density at radius 1 is 1.24 bits per heavy atom. The topological polar surface area (TPSA) is 52.9 Å². The van der Waals surface area contributed by atoms with Gasteiger partial charge in [0.05, 0.1) is 28.1 Å². The molecule has 21 heavy (non-hydrogen) atoms. The Kier molecular flexibility index (Phi) is 3.67. The summed E-state index contributed by atoms with van der Waals surface area (Å²) in [5.74, 6) is 0.446. The second kappa shape index (κ2) is 5.48. The molecule has 6 heteroatoms. The van der Waals surface area contributed by atoms with E-state index in [1.807, 2.05) is 29.7 Å². The summed E-state index contributed by atoms with van der Waals surface area (Å²) >= 11 is -1.26. The summed E-state index contributed by atoms with van der Waals surface area (Å²) in [4.78, 5) is 5.09. The van der Waals surface area contributed by atoms with Gasteiger partial charge in [-0.05, 0) is 31.2 Å². The van der Waals surface area contributed by atoms with Gasteiger partial charge in [-0.1, -0.05) is 6.07 Å². The first-order valence-corrected chi connectivity index (χ1v) is 7.59. The van der Waals surface area contributed by atoms with Gasteiger partial charge in [-0.15, -0.1) is 4.72 Å². The molecule has 1 atom stereocenters. The third-order valence-corrected chi connectivity index (χ3v) is 4.31. The average molecular weight is 303 g/mol. The second-order valence-corrected chi connectivity index (χ2v) is 6.01. The van der Waals surface area contributed by atoms with Crippen molar-refractivity contribution in [2.24, 2.45) is 0 Å². The summed E-state index contributed by atoms with van der Waals surface area (Å²) in [5, 5.41) is 0. The summed E-state index contributed by atoms with van der Waals surface area (Å²) in [7, 11) is 1.63. The lowest BCUT2D eigenvalue weighted by atomic mass is 10.2. The van der Waals surface area contributed by atoms with Crippen LogP contribution in [0.25, 0.3) is 16.7 Å². The Hall–Kier alpha value is -1.89. The summed E-state index contributed by atoms with van der Waals surface area (Å²) in [6, 6.07) is 11.8. The van der Waals surface area contributed by atoms with Gasteiger partial charge in [-0.2, -0.15) is 0 Å². The zero-order chi connectivity index (χ0) is 15.0. The minimum Gasteiger partial charge on any atom is -0.593 e. The van der Waals surface area contributed by atoms with Crippen LogP contribution in [-0.4, -0.2) is 21.2 Å². The molecule has 108 valence electrons. The molecule has 2 aromatic carbocycles. The van der Waals surface area contributed by atoms with E-state index in [-0.39, 0.29) is 5.82 Å².